The van der Waals surface area contributed by atoms with E-state index in [9.17, 15) is 35.9 Å². The number of oxime groups is 1. The zero-order valence-electron chi connectivity index (χ0n) is 18.1. The molecule has 0 aliphatic carbocycles. The number of hydrogen-bond acceptors (Lipinski definition) is 4. The third-order valence-corrected chi connectivity index (χ3v) is 5.53. The van der Waals surface area contributed by atoms with Crippen LogP contribution in [0.25, 0.3) is 0 Å². The first-order valence-electron chi connectivity index (χ1n) is 10.2. The van der Waals surface area contributed by atoms with Crippen molar-refractivity contribution >= 4 is 40.7 Å². The molecule has 0 saturated heterocycles. The molecule has 1 heterocycles. The number of amides is 2. The van der Waals surface area contributed by atoms with Crippen LogP contribution in [-0.2, 0) is 21.7 Å². The highest BCUT2D eigenvalue weighted by atomic mass is 35.5. The molecule has 0 spiro atoms. The summed E-state index contributed by atoms with van der Waals surface area (Å²) in [6, 6.07) is 9.13. The fourth-order valence-electron chi connectivity index (χ4n) is 3.38. The summed E-state index contributed by atoms with van der Waals surface area (Å²) in [4.78, 5) is 28.4. The Morgan fingerprint density at radius 2 is 1.58 bits per heavy atom. The number of hydrogen-bond donors (Lipinski definition) is 2. The van der Waals surface area contributed by atoms with E-state index in [0.717, 1.165) is 12.1 Å². The summed E-state index contributed by atoms with van der Waals surface area (Å²) < 4.78 is 78.4. The van der Waals surface area contributed by atoms with E-state index in [1.807, 2.05) is 0 Å². The van der Waals surface area contributed by atoms with Gasteiger partial charge < -0.3 is 15.5 Å². The Kier molecular flexibility index (Phi) is 8.09. The van der Waals surface area contributed by atoms with Gasteiger partial charge in [0.15, 0.2) is 0 Å². The Hall–Kier alpha value is -2.99. The lowest BCUT2D eigenvalue weighted by molar-refractivity contribution is -0.275. The zero-order chi connectivity index (χ0) is 26.7. The minimum atomic E-state index is -4.83. The van der Waals surface area contributed by atoms with Crippen LogP contribution in [0.5, 0.6) is 0 Å². The van der Waals surface area contributed by atoms with E-state index in [4.69, 9.17) is 28.0 Å². The van der Waals surface area contributed by atoms with Crippen molar-refractivity contribution in [2.45, 2.75) is 30.8 Å². The van der Waals surface area contributed by atoms with Gasteiger partial charge in [-0.1, -0.05) is 40.5 Å². The molecule has 6 nitrogen and oxygen atoms in total. The number of rotatable bonds is 7. The smallest absolute Gasteiger partial charge is 0.374 e. The summed E-state index contributed by atoms with van der Waals surface area (Å²) in [7, 11) is 0. The Morgan fingerprint density at radius 3 is 2.14 bits per heavy atom. The van der Waals surface area contributed by atoms with Crippen LogP contribution in [0.4, 0.5) is 26.3 Å². The maximum Gasteiger partial charge on any atom is 0.435 e. The fourth-order valence-corrected chi connectivity index (χ4v) is 3.91. The van der Waals surface area contributed by atoms with Crippen LogP contribution in [0.1, 0.15) is 27.9 Å². The van der Waals surface area contributed by atoms with Gasteiger partial charge in [0.2, 0.25) is 5.91 Å². The second kappa shape index (κ2) is 10.6. The van der Waals surface area contributed by atoms with E-state index in [0.29, 0.717) is 5.56 Å². The van der Waals surface area contributed by atoms with Crippen LogP contribution < -0.4 is 10.6 Å². The summed E-state index contributed by atoms with van der Waals surface area (Å²) in [6.07, 6.45) is -10.0. The monoisotopic (exact) mass is 555 g/mol. The molecule has 14 heteroatoms. The third kappa shape index (κ3) is 6.82. The molecular weight excluding hydrogens is 539 g/mol. The molecule has 2 aromatic rings. The molecule has 1 aliphatic rings. The van der Waals surface area contributed by atoms with Crippen molar-refractivity contribution < 1.29 is 40.8 Å². The Labute approximate surface area is 210 Å². The van der Waals surface area contributed by atoms with Crippen molar-refractivity contribution in [2.24, 2.45) is 5.16 Å². The number of nitrogens with zero attached hydrogens (tertiary/aromatic N) is 1. The average Bonchev–Trinajstić information content (AvgIpc) is 3.21. The van der Waals surface area contributed by atoms with Crippen LogP contribution in [0.15, 0.2) is 47.6 Å². The number of benzene rings is 2. The molecule has 2 N–H and O–H groups in total. The van der Waals surface area contributed by atoms with Crippen molar-refractivity contribution in [3.63, 3.8) is 0 Å². The standard InChI is InChI=1S/C22H17Cl2F6N3O3/c23-15-6-14(7-16(24)8-15)20(22(28,29)30)9-17(33-36-20)5-12-1-3-13(4-2-12)19(35)31-10-18(34)32-11-21(25,26)27/h1-4,6-8H,5,9-11H2,(H,31,35)(H,32,34). The van der Waals surface area contributed by atoms with E-state index in [-0.39, 0.29) is 33.3 Å². The van der Waals surface area contributed by atoms with E-state index in [1.54, 1.807) is 5.32 Å². The number of carbonyl (C=O) groups is 2. The van der Waals surface area contributed by atoms with E-state index >= 15 is 0 Å². The number of nitrogens with one attached hydrogen (secondary N) is 2. The molecule has 0 fully saturated rings. The quantitative estimate of drug-likeness (QED) is 0.462. The van der Waals surface area contributed by atoms with Crippen molar-refractivity contribution in [1.29, 1.82) is 0 Å². The molecule has 1 aliphatic heterocycles. The van der Waals surface area contributed by atoms with Crippen LogP contribution in [0.2, 0.25) is 10.0 Å². The van der Waals surface area contributed by atoms with Crippen LogP contribution in [0, 0.1) is 0 Å². The number of halogens is 8. The van der Waals surface area contributed by atoms with Gasteiger partial charge in [0, 0.05) is 34.0 Å². The summed E-state index contributed by atoms with van der Waals surface area (Å²) >= 11 is 11.8. The molecule has 0 radical (unpaired) electrons. The summed E-state index contributed by atoms with van der Waals surface area (Å²) in [6.45, 7) is -2.19. The van der Waals surface area contributed by atoms with Crippen molar-refractivity contribution in [1.82, 2.24) is 10.6 Å². The van der Waals surface area contributed by atoms with Gasteiger partial charge in [-0.15, -0.1) is 0 Å². The van der Waals surface area contributed by atoms with Crippen molar-refractivity contribution in [2.75, 3.05) is 13.1 Å². The minimum Gasteiger partial charge on any atom is -0.374 e. The largest absolute Gasteiger partial charge is 0.435 e. The summed E-state index contributed by atoms with van der Waals surface area (Å²) in [5, 5.41) is 7.43. The van der Waals surface area contributed by atoms with Crippen molar-refractivity contribution in [3.05, 3.63) is 69.2 Å². The van der Waals surface area contributed by atoms with Crippen LogP contribution in [0.3, 0.4) is 0 Å². The fraction of sp³-hybridized carbons (Fsp3) is 0.318. The molecule has 3 rings (SSSR count). The second-order valence-electron chi connectivity index (χ2n) is 7.86. The highest BCUT2D eigenvalue weighted by Gasteiger charge is 2.62. The molecule has 2 amide bonds. The van der Waals surface area contributed by atoms with Gasteiger partial charge in [0.1, 0.15) is 6.54 Å². The van der Waals surface area contributed by atoms with Gasteiger partial charge in [0.25, 0.3) is 11.5 Å². The average molecular weight is 556 g/mol. The zero-order valence-corrected chi connectivity index (χ0v) is 19.6. The lowest BCUT2D eigenvalue weighted by Crippen LogP contribution is -2.42. The third-order valence-electron chi connectivity index (χ3n) is 5.09. The van der Waals surface area contributed by atoms with E-state index < -0.39 is 49.3 Å². The van der Waals surface area contributed by atoms with Gasteiger partial charge >= 0.3 is 12.4 Å². The van der Waals surface area contributed by atoms with Crippen LogP contribution >= 0.6 is 23.2 Å². The molecule has 36 heavy (non-hydrogen) atoms. The van der Waals surface area contributed by atoms with E-state index in [2.05, 4.69) is 10.5 Å². The highest BCUT2D eigenvalue weighted by Crippen LogP contribution is 2.49. The summed E-state index contributed by atoms with van der Waals surface area (Å²) in [5.74, 6) is -1.75. The lowest BCUT2D eigenvalue weighted by Gasteiger charge is -2.29. The summed E-state index contributed by atoms with van der Waals surface area (Å²) in [5.41, 5.74) is -2.37. The predicted octanol–water partition coefficient (Wildman–Crippen LogP) is 5.18. The van der Waals surface area contributed by atoms with Gasteiger partial charge in [-0.3, -0.25) is 9.59 Å². The van der Waals surface area contributed by atoms with Crippen LogP contribution in [-0.4, -0.2) is 43.0 Å². The molecule has 1 atom stereocenters. The molecule has 0 aromatic heterocycles. The normalized spacial score (nSPS) is 17.8. The first-order chi connectivity index (χ1) is 16.7. The molecule has 0 bridgehead atoms. The minimum absolute atomic E-state index is 0.00451. The molecule has 0 saturated carbocycles. The lowest BCUT2D eigenvalue weighted by atomic mass is 9.87. The molecule has 1 unspecified atom stereocenters. The maximum atomic E-state index is 14.0. The van der Waals surface area contributed by atoms with Gasteiger partial charge in [0.05, 0.1) is 12.3 Å². The van der Waals surface area contributed by atoms with Gasteiger partial charge in [-0.2, -0.15) is 26.3 Å². The molecule has 2 aromatic carbocycles. The second-order valence-corrected chi connectivity index (χ2v) is 8.73. The molecular formula is C22H17Cl2F6N3O3. The highest BCUT2D eigenvalue weighted by molar-refractivity contribution is 6.34. The van der Waals surface area contributed by atoms with Gasteiger partial charge in [-0.25, -0.2) is 0 Å². The predicted molar refractivity (Wildman–Crippen MR) is 119 cm³/mol. The number of carbonyl (C=O) groups excluding carboxylic acids is 2. The first kappa shape index (κ1) is 27.6. The maximum absolute atomic E-state index is 14.0. The molecule has 194 valence electrons. The van der Waals surface area contributed by atoms with Crippen molar-refractivity contribution in [3.8, 4) is 0 Å². The first-order valence-corrected chi connectivity index (χ1v) is 10.9. The number of alkyl halides is 6. The van der Waals surface area contributed by atoms with Gasteiger partial charge in [-0.05, 0) is 35.9 Å². The SMILES string of the molecule is O=C(CNC(=O)c1ccc(CC2=NOC(c3cc(Cl)cc(Cl)c3)(C(F)(F)F)C2)cc1)NCC(F)(F)F. The Morgan fingerprint density at radius 1 is 0.972 bits per heavy atom. The Balaban J connectivity index is 1.62. The van der Waals surface area contributed by atoms with E-state index in [1.165, 1.54) is 30.3 Å². The topological polar surface area (TPSA) is 79.8 Å². The Bertz CT molecular complexity index is 1150.